The molecule has 2 aliphatic rings. The number of allylic oxidation sites excluding steroid dienone is 2. The van der Waals surface area contributed by atoms with Gasteiger partial charge < -0.3 is 5.11 Å². The van der Waals surface area contributed by atoms with E-state index >= 15 is 0 Å². The Morgan fingerprint density at radius 3 is 2.33 bits per heavy atom. The standard InChI is InChI=1S/C11H18O/c1-8-4-5-9(10(8,2)3)11(12)6-7-11/h4,9,12H,5-7H2,1-3H3. The second-order valence-electron chi connectivity index (χ2n) is 5.00. The van der Waals surface area contributed by atoms with Gasteiger partial charge in [-0.2, -0.15) is 0 Å². The molecule has 0 aromatic carbocycles. The van der Waals surface area contributed by atoms with E-state index in [0.717, 1.165) is 19.3 Å². The van der Waals surface area contributed by atoms with Crippen molar-refractivity contribution in [2.45, 2.75) is 45.6 Å². The largest absolute Gasteiger partial charge is 0.390 e. The molecule has 1 N–H and O–H groups in total. The Balaban J connectivity index is 2.22. The monoisotopic (exact) mass is 166 g/mol. The van der Waals surface area contributed by atoms with E-state index in [-0.39, 0.29) is 11.0 Å². The van der Waals surface area contributed by atoms with E-state index < -0.39 is 0 Å². The molecule has 0 radical (unpaired) electrons. The molecule has 1 saturated carbocycles. The van der Waals surface area contributed by atoms with Crippen LogP contribution in [0, 0.1) is 11.3 Å². The summed E-state index contributed by atoms with van der Waals surface area (Å²) in [6, 6.07) is 0. The molecule has 0 heterocycles. The molecule has 2 aliphatic carbocycles. The fraction of sp³-hybridized carbons (Fsp3) is 0.818. The maximum atomic E-state index is 10.0. The van der Waals surface area contributed by atoms with Gasteiger partial charge >= 0.3 is 0 Å². The molecule has 0 spiro atoms. The van der Waals surface area contributed by atoms with Crippen LogP contribution in [0.1, 0.15) is 40.0 Å². The molecule has 1 heteroatoms. The van der Waals surface area contributed by atoms with Crippen molar-refractivity contribution in [1.29, 1.82) is 0 Å². The molecule has 1 unspecified atom stereocenters. The first-order valence-electron chi connectivity index (χ1n) is 4.86. The fourth-order valence-corrected chi connectivity index (χ4v) is 2.49. The summed E-state index contributed by atoms with van der Waals surface area (Å²) in [6.45, 7) is 6.70. The van der Waals surface area contributed by atoms with E-state index in [1.54, 1.807) is 0 Å². The summed E-state index contributed by atoms with van der Waals surface area (Å²) in [7, 11) is 0. The van der Waals surface area contributed by atoms with Crippen LogP contribution in [0.15, 0.2) is 11.6 Å². The van der Waals surface area contributed by atoms with Crippen molar-refractivity contribution in [2.24, 2.45) is 11.3 Å². The normalized spacial score (nSPS) is 36.3. The highest BCUT2D eigenvalue weighted by Gasteiger charge is 2.54. The van der Waals surface area contributed by atoms with Crippen molar-refractivity contribution < 1.29 is 5.11 Å². The second kappa shape index (κ2) is 2.14. The molecule has 12 heavy (non-hydrogen) atoms. The molecular formula is C11H18O. The first kappa shape index (κ1) is 8.31. The highest BCUT2D eigenvalue weighted by molar-refractivity contribution is 5.23. The highest BCUT2D eigenvalue weighted by atomic mass is 16.3. The second-order valence-corrected chi connectivity index (χ2v) is 5.00. The Morgan fingerprint density at radius 1 is 1.42 bits per heavy atom. The van der Waals surface area contributed by atoms with Gasteiger partial charge in [-0.3, -0.25) is 0 Å². The lowest BCUT2D eigenvalue weighted by molar-refractivity contribution is 0.0378. The quantitative estimate of drug-likeness (QED) is 0.593. The molecule has 0 amide bonds. The van der Waals surface area contributed by atoms with E-state index in [1.807, 2.05) is 0 Å². The Kier molecular flexibility index (Phi) is 1.48. The zero-order chi connectivity index (χ0) is 8.98. The van der Waals surface area contributed by atoms with Crippen LogP contribution in [-0.4, -0.2) is 10.7 Å². The van der Waals surface area contributed by atoms with Gasteiger partial charge in [-0.15, -0.1) is 0 Å². The first-order chi connectivity index (χ1) is 5.47. The zero-order valence-corrected chi connectivity index (χ0v) is 8.22. The number of rotatable bonds is 1. The Morgan fingerprint density at radius 2 is 2.00 bits per heavy atom. The Labute approximate surface area is 74.5 Å². The van der Waals surface area contributed by atoms with Gasteiger partial charge in [0.25, 0.3) is 0 Å². The topological polar surface area (TPSA) is 20.2 Å². The van der Waals surface area contributed by atoms with Gasteiger partial charge in [0.15, 0.2) is 0 Å². The summed E-state index contributed by atoms with van der Waals surface area (Å²) in [6.07, 6.45) is 5.40. The van der Waals surface area contributed by atoms with Gasteiger partial charge in [-0.1, -0.05) is 25.5 Å². The molecule has 1 atom stereocenters. The summed E-state index contributed by atoms with van der Waals surface area (Å²) in [4.78, 5) is 0. The minimum absolute atomic E-state index is 0.227. The zero-order valence-electron chi connectivity index (χ0n) is 8.22. The lowest BCUT2D eigenvalue weighted by Crippen LogP contribution is -2.32. The molecular weight excluding hydrogens is 148 g/mol. The van der Waals surface area contributed by atoms with E-state index in [2.05, 4.69) is 26.8 Å². The summed E-state index contributed by atoms with van der Waals surface area (Å²) in [5, 5.41) is 10.0. The van der Waals surface area contributed by atoms with Crippen LogP contribution in [-0.2, 0) is 0 Å². The highest BCUT2D eigenvalue weighted by Crippen LogP contribution is 2.56. The van der Waals surface area contributed by atoms with E-state index in [0.29, 0.717) is 5.92 Å². The van der Waals surface area contributed by atoms with Gasteiger partial charge in [0.2, 0.25) is 0 Å². The molecule has 0 aromatic rings. The summed E-state index contributed by atoms with van der Waals surface area (Å²) >= 11 is 0. The van der Waals surface area contributed by atoms with Crippen LogP contribution >= 0.6 is 0 Å². The third kappa shape index (κ3) is 0.957. The molecule has 1 fully saturated rings. The van der Waals surface area contributed by atoms with Crippen LogP contribution in [0.3, 0.4) is 0 Å². The van der Waals surface area contributed by atoms with E-state index in [4.69, 9.17) is 0 Å². The first-order valence-corrected chi connectivity index (χ1v) is 4.86. The molecule has 0 aliphatic heterocycles. The Hall–Kier alpha value is -0.300. The minimum atomic E-state index is -0.308. The maximum absolute atomic E-state index is 10.0. The van der Waals surface area contributed by atoms with Crippen LogP contribution in [0.4, 0.5) is 0 Å². The predicted octanol–water partition coefficient (Wildman–Crippen LogP) is 2.50. The van der Waals surface area contributed by atoms with Gasteiger partial charge in [-0.25, -0.2) is 0 Å². The van der Waals surface area contributed by atoms with Crippen LogP contribution < -0.4 is 0 Å². The van der Waals surface area contributed by atoms with Crippen molar-refractivity contribution in [1.82, 2.24) is 0 Å². The molecule has 0 aromatic heterocycles. The molecule has 0 bridgehead atoms. The minimum Gasteiger partial charge on any atom is -0.390 e. The van der Waals surface area contributed by atoms with Crippen LogP contribution in [0.2, 0.25) is 0 Å². The number of aliphatic hydroxyl groups is 1. The SMILES string of the molecule is CC1=CCC(C2(O)CC2)C1(C)C. The Bertz CT molecular complexity index is 233. The third-order valence-electron chi connectivity index (χ3n) is 3.96. The van der Waals surface area contributed by atoms with Crippen LogP contribution in [0.5, 0.6) is 0 Å². The van der Waals surface area contributed by atoms with Crippen molar-refractivity contribution in [2.75, 3.05) is 0 Å². The van der Waals surface area contributed by atoms with E-state index in [9.17, 15) is 5.11 Å². The van der Waals surface area contributed by atoms with E-state index in [1.165, 1.54) is 5.57 Å². The predicted molar refractivity (Wildman–Crippen MR) is 49.8 cm³/mol. The molecule has 1 nitrogen and oxygen atoms in total. The van der Waals surface area contributed by atoms with Crippen molar-refractivity contribution in [3.63, 3.8) is 0 Å². The van der Waals surface area contributed by atoms with Crippen molar-refractivity contribution >= 4 is 0 Å². The number of hydrogen-bond donors (Lipinski definition) is 1. The average molecular weight is 166 g/mol. The third-order valence-corrected chi connectivity index (χ3v) is 3.96. The lowest BCUT2D eigenvalue weighted by atomic mass is 9.74. The van der Waals surface area contributed by atoms with Gasteiger partial charge in [-0.05, 0) is 37.5 Å². The summed E-state index contributed by atoms with van der Waals surface area (Å²) in [5.74, 6) is 0.477. The summed E-state index contributed by atoms with van der Waals surface area (Å²) < 4.78 is 0. The van der Waals surface area contributed by atoms with Crippen LogP contribution in [0.25, 0.3) is 0 Å². The summed E-state index contributed by atoms with van der Waals surface area (Å²) in [5.41, 5.74) is 1.37. The lowest BCUT2D eigenvalue weighted by Gasteiger charge is -2.33. The molecule has 68 valence electrons. The van der Waals surface area contributed by atoms with Crippen molar-refractivity contribution in [3.8, 4) is 0 Å². The molecule has 0 saturated heterocycles. The number of hydrogen-bond acceptors (Lipinski definition) is 1. The van der Waals surface area contributed by atoms with Gasteiger partial charge in [0.05, 0.1) is 5.60 Å². The fourth-order valence-electron chi connectivity index (χ4n) is 2.49. The molecule has 2 rings (SSSR count). The maximum Gasteiger partial charge on any atom is 0.0689 e. The van der Waals surface area contributed by atoms with Crippen molar-refractivity contribution in [3.05, 3.63) is 11.6 Å². The van der Waals surface area contributed by atoms with Gasteiger partial charge in [0.1, 0.15) is 0 Å². The average Bonchev–Trinajstić information content (AvgIpc) is 2.61. The smallest absolute Gasteiger partial charge is 0.0689 e. The van der Waals surface area contributed by atoms with Gasteiger partial charge in [0, 0.05) is 0 Å².